The molecule has 4 rings (SSSR count). The number of amides is 1. The molecule has 1 fully saturated rings. The Balaban J connectivity index is 1.52. The fourth-order valence-corrected chi connectivity index (χ4v) is 4.36. The molecule has 1 aliphatic carbocycles. The summed E-state index contributed by atoms with van der Waals surface area (Å²) in [4.78, 5) is 18.7. The van der Waals surface area contributed by atoms with Gasteiger partial charge < -0.3 is 5.32 Å². The topological polar surface area (TPSA) is 45.2 Å². The second-order valence-electron chi connectivity index (χ2n) is 7.85. The molecule has 9 heteroatoms. The van der Waals surface area contributed by atoms with Crippen molar-refractivity contribution < 1.29 is 18.0 Å². The molecule has 1 aliphatic rings. The zero-order chi connectivity index (χ0) is 22.7. The molecule has 0 aliphatic heterocycles. The molecule has 0 atom stereocenters. The van der Waals surface area contributed by atoms with Gasteiger partial charge in [0, 0.05) is 29.5 Å². The Morgan fingerprint density at radius 3 is 2.44 bits per heavy atom. The molecule has 1 saturated carbocycles. The standard InChI is InChI=1S/C23H21ClF3N3OS/c24-18-6-2-4-16(10-18)12-30(11-15-3-1-5-17(9-15)23(25,26)27)13-21-29-20(14-32-21)22(31)28-19-7-8-19/h1-6,9-10,14,19H,7-8,11-13H2,(H,28,31). The predicted molar refractivity (Wildman–Crippen MR) is 118 cm³/mol. The lowest BCUT2D eigenvalue weighted by molar-refractivity contribution is -0.137. The van der Waals surface area contributed by atoms with Crippen molar-refractivity contribution in [3.05, 3.63) is 86.3 Å². The second kappa shape index (κ2) is 9.60. The van der Waals surface area contributed by atoms with Gasteiger partial charge in [-0.2, -0.15) is 13.2 Å². The molecule has 2 aromatic carbocycles. The average Bonchev–Trinajstić information content (AvgIpc) is 3.42. The van der Waals surface area contributed by atoms with E-state index in [2.05, 4.69) is 10.3 Å². The molecular formula is C23H21ClF3N3OS. The van der Waals surface area contributed by atoms with Crippen molar-refractivity contribution in [1.82, 2.24) is 15.2 Å². The Kier molecular flexibility index (Phi) is 6.83. The molecule has 0 bridgehead atoms. The minimum absolute atomic E-state index is 0.186. The summed E-state index contributed by atoms with van der Waals surface area (Å²) in [5.41, 5.74) is 1.18. The number of hydrogen-bond acceptors (Lipinski definition) is 4. The molecule has 1 N–H and O–H groups in total. The first-order chi connectivity index (χ1) is 15.3. The zero-order valence-electron chi connectivity index (χ0n) is 17.0. The summed E-state index contributed by atoms with van der Waals surface area (Å²) >= 11 is 7.47. The summed E-state index contributed by atoms with van der Waals surface area (Å²) in [7, 11) is 0. The molecule has 1 heterocycles. The highest BCUT2D eigenvalue weighted by molar-refractivity contribution is 7.09. The van der Waals surface area contributed by atoms with E-state index < -0.39 is 11.7 Å². The van der Waals surface area contributed by atoms with Crippen molar-refractivity contribution in [3.8, 4) is 0 Å². The van der Waals surface area contributed by atoms with Crippen molar-refractivity contribution in [2.45, 2.75) is 44.7 Å². The van der Waals surface area contributed by atoms with Gasteiger partial charge >= 0.3 is 6.18 Å². The van der Waals surface area contributed by atoms with E-state index in [1.54, 1.807) is 17.5 Å². The van der Waals surface area contributed by atoms with Gasteiger partial charge in [0.15, 0.2) is 0 Å². The van der Waals surface area contributed by atoms with Gasteiger partial charge in [-0.25, -0.2) is 4.98 Å². The normalized spacial score (nSPS) is 14.0. The van der Waals surface area contributed by atoms with E-state index in [-0.39, 0.29) is 11.9 Å². The van der Waals surface area contributed by atoms with Gasteiger partial charge in [-0.3, -0.25) is 9.69 Å². The van der Waals surface area contributed by atoms with Crippen LogP contribution in [0, 0.1) is 0 Å². The Morgan fingerprint density at radius 1 is 1.09 bits per heavy atom. The summed E-state index contributed by atoms with van der Waals surface area (Å²) in [6, 6.07) is 12.9. The lowest BCUT2D eigenvalue weighted by atomic mass is 10.1. The number of rotatable bonds is 8. The van der Waals surface area contributed by atoms with Crippen molar-refractivity contribution in [1.29, 1.82) is 0 Å². The minimum atomic E-state index is -4.40. The number of nitrogens with one attached hydrogen (secondary N) is 1. The van der Waals surface area contributed by atoms with Crippen molar-refractivity contribution >= 4 is 28.8 Å². The van der Waals surface area contributed by atoms with Crippen molar-refractivity contribution in [3.63, 3.8) is 0 Å². The lowest BCUT2D eigenvalue weighted by Gasteiger charge is -2.22. The van der Waals surface area contributed by atoms with E-state index in [1.807, 2.05) is 23.1 Å². The third-order valence-electron chi connectivity index (χ3n) is 5.01. The van der Waals surface area contributed by atoms with Gasteiger partial charge in [0.05, 0.1) is 12.1 Å². The van der Waals surface area contributed by atoms with Crippen LogP contribution in [0.5, 0.6) is 0 Å². The summed E-state index contributed by atoms with van der Waals surface area (Å²) < 4.78 is 39.4. The Hall–Kier alpha value is -2.42. The van der Waals surface area contributed by atoms with Crippen LogP contribution < -0.4 is 5.32 Å². The van der Waals surface area contributed by atoms with Crippen molar-refractivity contribution in [2.24, 2.45) is 0 Å². The first-order valence-electron chi connectivity index (χ1n) is 10.1. The average molecular weight is 480 g/mol. The monoisotopic (exact) mass is 479 g/mol. The number of nitrogens with zero attached hydrogens (tertiary/aromatic N) is 2. The van der Waals surface area contributed by atoms with E-state index in [9.17, 15) is 18.0 Å². The van der Waals surface area contributed by atoms with Crippen LogP contribution in [0.1, 0.15) is 45.0 Å². The highest BCUT2D eigenvalue weighted by Crippen LogP contribution is 2.30. The maximum atomic E-state index is 13.1. The number of carbonyl (C=O) groups is 1. The number of aromatic nitrogens is 1. The summed E-state index contributed by atoms with van der Waals surface area (Å²) in [5, 5.41) is 5.95. The molecule has 0 unspecified atom stereocenters. The largest absolute Gasteiger partial charge is 0.416 e. The maximum Gasteiger partial charge on any atom is 0.416 e. The van der Waals surface area contributed by atoms with Crippen LogP contribution in [0.2, 0.25) is 5.02 Å². The quantitative estimate of drug-likeness (QED) is 0.437. The number of hydrogen-bond donors (Lipinski definition) is 1. The molecular weight excluding hydrogens is 459 g/mol. The first kappa shape index (κ1) is 22.8. The van der Waals surface area contributed by atoms with Crippen LogP contribution in [-0.4, -0.2) is 21.8 Å². The van der Waals surface area contributed by atoms with Crippen LogP contribution in [-0.2, 0) is 25.8 Å². The Bertz CT molecular complexity index is 1100. The summed E-state index contributed by atoms with van der Waals surface area (Å²) in [6.07, 6.45) is -2.41. The Labute approximate surface area is 193 Å². The first-order valence-corrected chi connectivity index (χ1v) is 11.4. The number of carbonyl (C=O) groups excluding carboxylic acids is 1. The zero-order valence-corrected chi connectivity index (χ0v) is 18.6. The SMILES string of the molecule is O=C(NC1CC1)c1csc(CN(Cc2cccc(Cl)c2)Cc2cccc(C(F)(F)F)c2)n1. The van der Waals surface area contributed by atoms with Crippen LogP contribution in [0.25, 0.3) is 0 Å². The fourth-order valence-electron chi connectivity index (χ4n) is 3.33. The van der Waals surface area contributed by atoms with E-state index in [1.165, 1.54) is 23.5 Å². The summed E-state index contributed by atoms with van der Waals surface area (Å²) in [5.74, 6) is -0.186. The van der Waals surface area contributed by atoms with Gasteiger partial charge in [0.2, 0.25) is 0 Å². The number of halogens is 4. The van der Waals surface area contributed by atoms with Crippen molar-refractivity contribution in [2.75, 3.05) is 0 Å². The lowest BCUT2D eigenvalue weighted by Crippen LogP contribution is -2.26. The van der Waals surface area contributed by atoms with Crippen LogP contribution in [0.15, 0.2) is 53.9 Å². The predicted octanol–water partition coefficient (Wildman–Crippen LogP) is 5.91. The van der Waals surface area contributed by atoms with Gasteiger partial charge in [-0.15, -0.1) is 11.3 Å². The van der Waals surface area contributed by atoms with Gasteiger partial charge in [-0.05, 0) is 42.2 Å². The molecule has 32 heavy (non-hydrogen) atoms. The number of benzene rings is 2. The van der Waals surface area contributed by atoms with Gasteiger partial charge in [-0.1, -0.05) is 41.9 Å². The van der Waals surface area contributed by atoms with Crippen LogP contribution in [0.4, 0.5) is 13.2 Å². The van der Waals surface area contributed by atoms with Crippen LogP contribution in [0.3, 0.4) is 0 Å². The molecule has 168 valence electrons. The van der Waals surface area contributed by atoms with E-state index >= 15 is 0 Å². The smallest absolute Gasteiger partial charge is 0.348 e. The third-order valence-corrected chi connectivity index (χ3v) is 6.08. The molecule has 1 amide bonds. The van der Waals surface area contributed by atoms with E-state index in [4.69, 9.17) is 11.6 Å². The number of alkyl halides is 3. The minimum Gasteiger partial charge on any atom is -0.348 e. The molecule has 0 radical (unpaired) electrons. The highest BCUT2D eigenvalue weighted by atomic mass is 35.5. The molecule has 1 aromatic heterocycles. The fraction of sp³-hybridized carbons (Fsp3) is 0.304. The highest BCUT2D eigenvalue weighted by Gasteiger charge is 2.30. The molecule has 0 spiro atoms. The molecule has 3 aromatic rings. The van der Waals surface area contributed by atoms with Crippen LogP contribution >= 0.6 is 22.9 Å². The Morgan fingerprint density at radius 2 is 1.78 bits per heavy atom. The van der Waals surface area contributed by atoms with E-state index in [0.29, 0.717) is 35.9 Å². The molecule has 0 saturated heterocycles. The molecule has 4 nitrogen and oxygen atoms in total. The van der Waals surface area contributed by atoms with Gasteiger partial charge in [0.1, 0.15) is 10.7 Å². The second-order valence-corrected chi connectivity index (χ2v) is 9.23. The number of thiazole rings is 1. The van der Waals surface area contributed by atoms with Gasteiger partial charge in [0.25, 0.3) is 5.91 Å². The third kappa shape index (κ3) is 6.31. The van der Waals surface area contributed by atoms with E-state index in [0.717, 1.165) is 29.5 Å². The summed E-state index contributed by atoms with van der Waals surface area (Å²) in [6.45, 7) is 1.16. The maximum absolute atomic E-state index is 13.1.